The Balaban J connectivity index is 0.000000217. The van der Waals surface area contributed by atoms with E-state index in [1.54, 1.807) is 0 Å². The van der Waals surface area contributed by atoms with Crippen LogP contribution in [0, 0.1) is 0 Å². The molecule has 20 heavy (non-hydrogen) atoms. The first-order valence-corrected chi connectivity index (χ1v) is 8.90. The fourth-order valence-electron chi connectivity index (χ4n) is 1.77. The van der Waals surface area contributed by atoms with Gasteiger partial charge >= 0.3 is 0 Å². The standard InChI is InChI=1S/C8H10.C6H6Cl6/c1-2-8-6-4-3-5-7-8;7-1-2(8)4(10)6(12)5(11)3(1)9/h3-7H,2H2,1H3;1-6H. The number of benzene rings is 1. The molecule has 0 aromatic heterocycles. The minimum absolute atomic E-state index is 0.437. The van der Waals surface area contributed by atoms with Gasteiger partial charge in [0.1, 0.15) is 0 Å². The molecule has 1 aromatic rings. The Labute approximate surface area is 150 Å². The van der Waals surface area contributed by atoms with Crippen molar-refractivity contribution >= 4 is 69.6 Å². The van der Waals surface area contributed by atoms with Gasteiger partial charge in [-0.3, -0.25) is 0 Å². The highest BCUT2D eigenvalue weighted by molar-refractivity contribution is 6.45. The summed E-state index contributed by atoms with van der Waals surface area (Å²) in [6.45, 7) is 2.16. The van der Waals surface area contributed by atoms with E-state index in [4.69, 9.17) is 69.6 Å². The highest BCUT2D eigenvalue weighted by Crippen LogP contribution is 2.39. The third-order valence-electron chi connectivity index (χ3n) is 3.08. The second-order valence-electron chi connectivity index (χ2n) is 4.51. The maximum atomic E-state index is 5.88. The van der Waals surface area contributed by atoms with Gasteiger partial charge in [-0.25, -0.2) is 0 Å². The van der Waals surface area contributed by atoms with E-state index in [0.717, 1.165) is 6.42 Å². The van der Waals surface area contributed by atoms with Crippen molar-refractivity contribution < 1.29 is 0 Å². The van der Waals surface area contributed by atoms with Gasteiger partial charge in [-0.15, -0.1) is 69.6 Å². The normalized spacial score (nSPS) is 37.0. The summed E-state index contributed by atoms with van der Waals surface area (Å²) in [5, 5.41) is -2.62. The van der Waals surface area contributed by atoms with Gasteiger partial charge in [-0.2, -0.15) is 0 Å². The average Bonchev–Trinajstić information content (AvgIpc) is 2.50. The predicted molar refractivity (Wildman–Crippen MR) is 93.7 cm³/mol. The molecule has 0 unspecified atom stereocenters. The minimum atomic E-state index is -0.437. The molecule has 1 aliphatic carbocycles. The summed E-state index contributed by atoms with van der Waals surface area (Å²) >= 11 is 35.3. The van der Waals surface area contributed by atoms with Gasteiger partial charge in [-0.1, -0.05) is 37.3 Å². The van der Waals surface area contributed by atoms with Crippen molar-refractivity contribution in [2.75, 3.05) is 0 Å². The number of hydrogen-bond donors (Lipinski definition) is 0. The van der Waals surface area contributed by atoms with Crippen molar-refractivity contribution in [2.45, 2.75) is 45.6 Å². The molecule has 1 saturated carbocycles. The second-order valence-corrected chi connectivity index (χ2v) is 7.53. The van der Waals surface area contributed by atoms with E-state index in [-0.39, 0.29) is 0 Å². The predicted octanol–water partition coefficient (Wildman–Crippen LogP) is 5.89. The summed E-state index contributed by atoms with van der Waals surface area (Å²) in [5.74, 6) is 0. The van der Waals surface area contributed by atoms with E-state index < -0.39 is 32.3 Å². The van der Waals surface area contributed by atoms with E-state index in [0.29, 0.717) is 0 Å². The fourth-order valence-corrected chi connectivity index (χ4v) is 4.10. The van der Waals surface area contributed by atoms with Crippen LogP contribution >= 0.6 is 69.6 Å². The first kappa shape index (κ1) is 19.0. The number of halogens is 6. The molecule has 0 N–H and O–H groups in total. The summed E-state index contributed by atoms with van der Waals surface area (Å²) < 4.78 is 0. The SMILES string of the molecule is CCc1ccccc1.ClC1C(Cl)C(Cl)C(Cl)C(Cl)C1Cl. The van der Waals surface area contributed by atoms with Gasteiger partial charge in [0.25, 0.3) is 0 Å². The zero-order valence-corrected chi connectivity index (χ0v) is 15.4. The van der Waals surface area contributed by atoms with Gasteiger partial charge in [0.05, 0.1) is 32.3 Å². The maximum absolute atomic E-state index is 5.88. The van der Waals surface area contributed by atoms with E-state index in [9.17, 15) is 0 Å². The lowest BCUT2D eigenvalue weighted by Gasteiger charge is -2.37. The van der Waals surface area contributed by atoms with E-state index >= 15 is 0 Å². The van der Waals surface area contributed by atoms with Crippen molar-refractivity contribution in [3.05, 3.63) is 35.9 Å². The molecule has 1 fully saturated rings. The van der Waals surface area contributed by atoms with Crippen LogP contribution in [-0.2, 0) is 6.42 Å². The average molecular weight is 397 g/mol. The van der Waals surface area contributed by atoms with E-state index in [1.807, 2.05) is 6.07 Å². The van der Waals surface area contributed by atoms with E-state index in [1.165, 1.54) is 5.56 Å². The van der Waals surface area contributed by atoms with Crippen LogP contribution < -0.4 is 0 Å². The first-order valence-electron chi connectivity index (χ1n) is 6.28. The molecule has 114 valence electrons. The smallest absolute Gasteiger partial charge is 0.0693 e. The number of rotatable bonds is 1. The molecular weight excluding hydrogens is 381 g/mol. The molecule has 0 spiro atoms. The quantitative estimate of drug-likeness (QED) is 0.519. The lowest BCUT2D eigenvalue weighted by atomic mass is 9.97. The molecule has 0 bridgehead atoms. The first-order chi connectivity index (χ1) is 9.40. The van der Waals surface area contributed by atoms with Gasteiger partial charge in [0, 0.05) is 0 Å². The largest absolute Gasteiger partial charge is 0.120 e. The van der Waals surface area contributed by atoms with Gasteiger partial charge in [0.2, 0.25) is 0 Å². The van der Waals surface area contributed by atoms with Crippen molar-refractivity contribution in [1.82, 2.24) is 0 Å². The van der Waals surface area contributed by atoms with Crippen molar-refractivity contribution in [3.63, 3.8) is 0 Å². The molecule has 1 aromatic carbocycles. The van der Waals surface area contributed by atoms with Crippen LogP contribution in [0.1, 0.15) is 12.5 Å². The van der Waals surface area contributed by atoms with Crippen LogP contribution in [0.2, 0.25) is 0 Å². The third kappa shape index (κ3) is 5.00. The molecule has 0 radical (unpaired) electrons. The minimum Gasteiger partial charge on any atom is -0.120 e. The van der Waals surface area contributed by atoms with Gasteiger partial charge in [0.15, 0.2) is 0 Å². The zero-order valence-electron chi connectivity index (χ0n) is 10.8. The monoisotopic (exact) mass is 394 g/mol. The summed E-state index contributed by atoms with van der Waals surface area (Å²) in [7, 11) is 0. The Morgan fingerprint density at radius 1 is 0.650 bits per heavy atom. The zero-order chi connectivity index (χ0) is 15.3. The Morgan fingerprint density at radius 3 is 1.15 bits per heavy atom. The van der Waals surface area contributed by atoms with Crippen LogP contribution in [0.15, 0.2) is 30.3 Å². The molecule has 2 rings (SSSR count). The third-order valence-corrected chi connectivity index (χ3v) is 7.11. The molecule has 0 amide bonds. The Kier molecular flexibility index (Phi) is 8.72. The van der Waals surface area contributed by atoms with Crippen molar-refractivity contribution in [1.29, 1.82) is 0 Å². The molecule has 6 heteroatoms. The van der Waals surface area contributed by atoms with E-state index in [2.05, 4.69) is 31.2 Å². The highest BCUT2D eigenvalue weighted by atomic mass is 35.5. The van der Waals surface area contributed by atoms with Crippen molar-refractivity contribution in [3.8, 4) is 0 Å². The Bertz CT molecular complexity index is 326. The van der Waals surface area contributed by atoms with Crippen LogP contribution in [0.4, 0.5) is 0 Å². The summed E-state index contributed by atoms with van der Waals surface area (Å²) in [4.78, 5) is 0. The van der Waals surface area contributed by atoms with Crippen LogP contribution in [0.25, 0.3) is 0 Å². The topological polar surface area (TPSA) is 0 Å². The molecule has 1 aliphatic rings. The van der Waals surface area contributed by atoms with Gasteiger partial charge in [-0.05, 0) is 12.0 Å². The van der Waals surface area contributed by atoms with Crippen LogP contribution in [0.5, 0.6) is 0 Å². The van der Waals surface area contributed by atoms with Crippen molar-refractivity contribution in [2.24, 2.45) is 0 Å². The fraction of sp³-hybridized carbons (Fsp3) is 0.571. The lowest BCUT2D eigenvalue weighted by Crippen LogP contribution is -2.52. The summed E-state index contributed by atoms with van der Waals surface area (Å²) in [5.41, 5.74) is 1.41. The number of alkyl halides is 6. The molecule has 0 heterocycles. The second kappa shape index (κ2) is 9.18. The molecule has 0 aliphatic heterocycles. The summed E-state index contributed by atoms with van der Waals surface area (Å²) in [6, 6.07) is 10.5. The lowest BCUT2D eigenvalue weighted by molar-refractivity contribution is 0.544. The molecule has 0 saturated heterocycles. The summed E-state index contributed by atoms with van der Waals surface area (Å²) in [6.07, 6.45) is 1.14. The Hall–Kier alpha value is 0.960. The number of hydrogen-bond acceptors (Lipinski definition) is 0. The van der Waals surface area contributed by atoms with Crippen LogP contribution in [-0.4, -0.2) is 32.3 Å². The molecule has 0 nitrogen and oxygen atoms in total. The Morgan fingerprint density at radius 2 is 0.950 bits per heavy atom. The molecule has 0 atom stereocenters. The number of aryl methyl sites for hydroxylation is 1. The molecular formula is C14H16Cl6. The van der Waals surface area contributed by atoms with Gasteiger partial charge < -0.3 is 0 Å². The van der Waals surface area contributed by atoms with Crippen LogP contribution in [0.3, 0.4) is 0 Å². The highest BCUT2D eigenvalue weighted by Gasteiger charge is 2.46. The maximum Gasteiger partial charge on any atom is 0.0693 e.